The molecule has 1 amide bonds. The van der Waals surface area contributed by atoms with Crippen LogP contribution in [-0.4, -0.2) is 31.6 Å². The van der Waals surface area contributed by atoms with Crippen molar-refractivity contribution in [2.45, 2.75) is 26.8 Å². The Morgan fingerprint density at radius 3 is 2.55 bits per heavy atom. The van der Waals surface area contributed by atoms with Crippen molar-refractivity contribution in [2.75, 3.05) is 13.7 Å². The zero-order valence-corrected chi connectivity index (χ0v) is 13.5. The lowest BCUT2D eigenvalue weighted by Gasteiger charge is -2.16. The van der Waals surface area contributed by atoms with Crippen LogP contribution in [0.25, 0.3) is 6.08 Å². The van der Waals surface area contributed by atoms with Crippen LogP contribution in [0.4, 0.5) is 0 Å². The van der Waals surface area contributed by atoms with Gasteiger partial charge in [-0.3, -0.25) is 4.79 Å². The minimum Gasteiger partial charge on any atom is -0.496 e. The highest BCUT2D eigenvalue weighted by Crippen LogP contribution is 2.18. The van der Waals surface area contributed by atoms with Gasteiger partial charge in [0.15, 0.2) is 6.61 Å². The molecule has 1 atom stereocenters. The van der Waals surface area contributed by atoms with Gasteiger partial charge in [-0.15, -0.1) is 0 Å². The Labute approximate surface area is 131 Å². The van der Waals surface area contributed by atoms with Crippen LogP contribution in [0.5, 0.6) is 5.75 Å². The average molecular weight is 305 g/mol. The van der Waals surface area contributed by atoms with Crippen molar-refractivity contribution in [2.24, 2.45) is 5.92 Å². The Balaban J connectivity index is 2.46. The molecule has 0 unspecified atom stereocenters. The van der Waals surface area contributed by atoms with E-state index in [1.165, 1.54) is 6.08 Å². The molecule has 0 aliphatic rings. The second kappa shape index (κ2) is 8.87. The van der Waals surface area contributed by atoms with E-state index in [4.69, 9.17) is 9.47 Å². The first-order valence-electron chi connectivity index (χ1n) is 7.21. The second-order valence-electron chi connectivity index (χ2n) is 5.28. The van der Waals surface area contributed by atoms with Crippen molar-refractivity contribution in [3.63, 3.8) is 0 Å². The lowest BCUT2D eigenvalue weighted by molar-refractivity contribution is -0.144. The smallest absolute Gasteiger partial charge is 0.331 e. The molecular formula is C17H23NO4. The van der Waals surface area contributed by atoms with Crippen LogP contribution in [0, 0.1) is 5.92 Å². The molecule has 0 fully saturated rings. The van der Waals surface area contributed by atoms with Crippen LogP contribution >= 0.6 is 0 Å². The summed E-state index contributed by atoms with van der Waals surface area (Å²) >= 11 is 0. The molecular weight excluding hydrogens is 282 g/mol. The summed E-state index contributed by atoms with van der Waals surface area (Å²) in [5, 5.41) is 2.77. The lowest BCUT2D eigenvalue weighted by Crippen LogP contribution is -2.38. The molecule has 1 aromatic carbocycles. The van der Waals surface area contributed by atoms with Gasteiger partial charge in [0.25, 0.3) is 5.91 Å². The number of benzene rings is 1. The molecule has 1 rings (SSSR count). The Kier molecular flexibility index (Phi) is 7.16. The number of methoxy groups -OCH3 is 1. The molecule has 0 radical (unpaired) electrons. The Morgan fingerprint density at radius 2 is 1.91 bits per heavy atom. The third-order valence-corrected chi connectivity index (χ3v) is 3.27. The van der Waals surface area contributed by atoms with Crippen molar-refractivity contribution in [1.29, 1.82) is 0 Å². The summed E-state index contributed by atoms with van der Waals surface area (Å²) in [5.41, 5.74) is 0.764. The standard InChI is InChI=1S/C17H23NO4/c1-12(2)13(3)18-16(19)11-22-17(20)10-9-14-7-5-6-8-15(14)21-4/h5-10,12-13H,11H2,1-4H3,(H,18,19)/b10-9+/t13-/m1/s1. The van der Waals surface area contributed by atoms with E-state index >= 15 is 0 Å². The van der Waals surface area contributed by atoms with E-state index in [9.17, 15) is 9.59 Å². The number of amides is 1. The first kappa shape index (κ1) is 17.8. The third kappa shape index (κ3) is 5.99. The number of ether oxygens (including phenoxy) is 2. The Morgan fingerprint density at radius 1 is 1.23 bits per heavy atom. The Bertz CT molecular complexity index is 537. The fourth-order valence-electron chi connectivity index (χ4n) is 1.61. The molecule has 0 bridgehead atoms. The quantitative estimate of drug-likeness (QED) is 0.620. The maximum Gasteiger partial charge on any atom is 0.331 e. The number of para-hydroxylation sites is 1. The van der Waals surface area contributed by atoms with Crippen molar-refractivity contribution in [3.8, 4) is 5.75 Å². The summed E-state index contributed by atoms with van der Waals surface area (Å²) in [6, 6.07) is 7.34. The van der Waals surface area contributed by atoms with Crippen LogP contribution in [-0.2, 0) is 14.3 Å². The zero-order chi connectivity index (χ0) is 16.5. The monoisotopic (exact) mass is 305 g/mol. The van der Waals surface area contributed by atoms with Crippen molar-refractivity contribution >= 4 is 18.0 Å². The van der Waals surface area contributed by atoms with Crippen LogP contribution < -0.4 is 10.1 Å². The highest BCUT2D eigenvalue weighted by atomic mass is 16.5. The molecule has 1 aromatic rings. The molecule has 0 aromatic heterocycles. The topological polar surface area (TPSA) is 64.6 Å². The number of nitrogens with one attached hydrogen (secondary N) is 1. The molecule has 0 aliphatic carbocycles. The van der Waals surface area contributed by atoms with Crippen LogP contribution in [0.2, 0.25) is 0 Å². The normalized spacial score (nSPS) is 12.2. The average Bonchev–Trinajstić information content (AvgIpc) is 2.50. The zero-order valence-electron chi connectivity index (χ0n) is 13.5. The summed E-state index contributed by atoms with van der Waals surface area (Å²) in [6.45, 7) is 5.64. The van der Waals surface area contributed by atoms with Gasteiger partial charge in [0.2, 0.25) is 0 Å². The van der Waals surface area contributed by atoms with E-state index in [-0.39, 0.29) is 18.6 Å². The van der Waals surface area contributed by atoms with Gasteiger partial charge >= 0.3 is 5.97 Å². The molecule has 0 spiro atoms. The predicted molar refractivity (Wildman–Crippen MR) is 85.4 cm³/mol. The number of carbonyl (C=O) groups is 2. The van der Waals surface area contributed by atoms with E-state index in [0.29, 0.717) is 11.7 Å². The molecule has 0 saturated heterocycles. The summed E-state index contributed by atoms with van der Waals surface area (Å²) < 4.78 is 10.1. The minimum atomic E-state index is -0.571. The number of hydrogen-bond acceptors (Lipinski definition) is 4. The molecule has 120 valence electrons. The highest BCUT2D eigenvalue weighted by Gasteiger charge is 2.11. The van der Waals surface area contributed by atoms with Crippen LogP contribution in [0.15, 0.2) is 30.3 Å². The van der Waals surface area contributed by atoms with Gasteiger partial charge in [0, 0.05) is 17.7 Å². The van der Waals surface area contributed by atoms with Gasteiger partial charge < -0.3 is 14.8 Å². The fourth-order valence-corrected chi connectivity index (χ4v) is 1.61. The largest absolute Gasteiger partial charge is 0.496 e. The van der Waals surface area contributed by atoms with Gasteiger partial charge in [-0.25, -0.2) is 4.79 Å². The van der Waals surface area contributed by atoms with Gasteiger partial charge in [-0.2, -0.15) is 0 Å². The number of esters is 1. The minimum absolute atomic E-state index is 0.0373. The van der Waals surface area contributed by atoms with E-state index in [1.54, 1.807) is 19.3 Å². The second-order valence-corrected chi connectivity index (χ2v) is 5.28. The van der Waals surface area contributed by atoms with Gasteiger partial charge in [0.1, 0.15) is 5.75 Å². The van der Waals surface area contributed by atoms with Crippen molar-refractivity contribution < 1.29 is 19.1 Å². The summed E-state index contributed by atoms with van der Waals surface area (Å²) in [4.78, 5) is 23.2. The van der Waals surface area contributed by atoms with Gasteiger partial charge in [-0.1, -0.05) is 32.0 Å². The third-order valence-electron chi connectivity index (χ3n) is 3.27. The highest BCUT2D eigenvalue weighted by molar-refractivity contribution is 5.89. The number of hydrogen-bond donors (Lipinski definition) is 1. The van der Waals surface area contributed by atoms with E-state index in [2.05, 4.69) is 5.32 Å². The first-order chi connectivity index (χ1) is 10.4. The maximum atomic E-state index is 11.6. The maximum absolute atomic E-state index is 11.6. The van der Waals surface area contributed by atoms with Crippen LogP contribution in [0.3, 0.4) is 0 Å². The first-order valence-corrected chi connectivity index (χ1v) is 7.21. The number of rotatable bonds is 7. The molecule has 1 N–H and O–H groups in total. The summed E-state index contributed by atoms with van der Waals surface area (Å²) in [6.07, 6.45) is 2.87. The summed E-state index contributed by atoms with van der Waals surface area (Å²) in [5.74, 6) is 0.110. The molecule has 0 heterocycles. The van der Waals surface area contributed by atoms with Gasteiger partial charge in [-0.05, 0) is 25.0 Å². The van der Waals surface area contributed by atoms with Crippen molar-refractivity contribution in [1.82, 2.24) is 5.32 Å². The Hall–Kier alpha value is -2.30. The molecule has 0 saturated carbocycles. The van der Waals surface area contributed by atoms with E-state index in [0.717, 1.165) is 5.56 Å². The van der Waals surface area contributed by atoms with Crippen molar-refractivity contribution in [3.05, 3.63) is 35.9 Å². The predicted octanol–water partition coefficient (Wildman–Crippen LogP) is 2.41. The molecule has 5 heteroatoms. The SMILES string of the molecule is COc1ccccc1/C=C/C(=O)OCC(=O)N[C@H](C)C(C)C. The van der Waals surface area contributed by atoms with Gasteiger partial charge in [0.05, 0.1) is 7.11 Å². The lowest BCUT2D eigenvalue weighted by atomic mass is 10.1. The number of carbonyl (C=O) groups excluding carboxylic acids is 2. The summed E-state index contributed by atoms with van der Waals surface area (Å²) in [7, 11) is 1.56. The van der Waals surface area contributed by atoms with Crippen LogP contribution in [0.1, 0.15) is 26.3 Å². The molecule has 22 heavy (non-hydrogen) atoms. The van der Waals surface area contributed by atoms with E-state index < -0.39 is 5.97 Å². The molecule has 0 aliphatic heterocycles. The fraction of sp³-hybridized carbons (Fsp3) is 0.412. The molecule has 5 nitrogen and oxygen atoms in total. The van der Waals surface area contributed by atoms with E-state index in [1.807, 2.05) is 39.0 Å².